The molecule has 1 aliphatic carbocycles. The molecule has 0 radical (unpaired) electrons. The van der Waals surface area contributed by atoms with Gasteiger partial charge in [-0.1, -0.05) is 36.9 Å². The summed E-state index contributed by atoms with van der Waals surface area (Å²) in [5.74, 6) is 1.23. The second-order valence-electron chi connectivity index (χ2n) is 9.46. The number of hydrogen-bond acceptors (Lipinski definition) is 3. The molecule has 3 aliphatic rings. The molecule has 2 aliphatic heterocycles. The van der Waals surface area contributed by atoms with Crippen LogP contribution in [0.4, 0.5) is 21.9 Å². The highest BCUT2D eigenvalue weighted by molar-refractivity contribution is 6.31. The summed E-state index contributed by atoms with van der Waals surface area (Å²) in [5.41, 5.74) is 4.65. The fourth-order valence-electron chi connectivity index (χ4n) is 5.77. The van der Waals surface area contributed by atoms with E-state index < -0.39 is 0 Å². The van der Waals surface area contributed by atoms with Crippen LogP contribution in [0, 0.1) is 18.8 Å². The Morgan fingerprint density at radius 1 is 1.06 bits per heavy atom. The van der Waals surface area contributed by atoms with E-state index in [4.69, 9.17) is 16.3 Å². The van der Waals surface area contributed by atoms with Gasteiger partial charge in [0.1, 0.15) is 0 Å². The van der Waals surface area contributed by atoms with Gasteiger partial charge in [-0.25, -0.2) is 4.79 Å². The van der Waals surface area contributed by atoms with Crippen LogP contribution in [-0.4, -0.2) is 18.7 Å². The molecule has 170 valence electrons. The normalized spacial score (nSPS) is 25.2. The van der Waals surface area contributed by atoms with E-state index in [-0.39, 0.29) is 12.1 Å². The average molecular weight is 454 g/mol. The Balaban J connectivity index is 1.34. The monoisotopic (exact) mass is 453 g/mol. The quantitative estimate of drug-likeness (QED) is 0.463. The number of carbonyl (C=O) groups is 1. The molecule has 2 aromatic rings. The second-order valence-corrected chi connectivity index (χ2v) is 9.87. The highest BCUT2D eigenvalue weighted by Gasteiger charge is 2.42. The Morgan fingerprint density at radius 2 is 1.91 bits per heavy atom. The molecule has 2 fully saturated rings. The number of hydrogen-bond donors (Lipinski definition) is 3. The van der Waals surface area contributed by atoms with E-state index in [9.17, 15) is 4.79 Å². The van der Waals surface area contributed by atoms with E-state index in [1.165, 1.54) is 44.1 Å². The van der Waals surface area contributed by atoms with Crippen molar-refractivity contribution in [1.82, 2.24) is 0 Å². The number of amides is 2. The van der Waals surface area contributed by atoms with E-state index in [0.717, 1.165) is 35.9 Å². The van der Waals surface area contributed by atoms with Crippen molar-refractivity contribution in [1.29, 1.82) is 0 Å². The number of anilines is 3. The predicted octanol–water partition coefficient (Wildman–Crippen LogP) is 7.13. The highest BCUT2D eigenvalue weighted by Crippen LogP contribution is 2.48. The molecule has 0 bridgehead atoms. The molecule has 6 heteroatoms. The molecule has 0 spiro atoms. The molecular weight excluding hydrogens is 422 g/mol. The maximum atomic E-state index is 12.6. The maximum Gasteiger partial charge on any atom is 0.323 e. The highest BCUT2D eigenvalue weighted by atomic mass is 35.5. The number of halogens is 1. The number of ether oxygens (including phenoxy) is 1. The van der Waals surface area contributed by atoms with E-state index >= 15 is 0 Å². The molecule has 2 aromatic carbocycles. The van der Waals surface area contributed by atoms with E-state index in [0.29, 0.717) is 22.7 Å². The molecule has 2 amide bonds. The average Bonchev–Trinajstić information content (AvgIpc) is 2.82. The van der Waals surface area contributed by atoms with Crippen LogP contribution in [0.2, 0.25) is 5.02 Å². The van der Waals surface area contributed by atoms with Crippen LogP contribution in [0.1, 0.15) is 62.2 Å². The summed E-state index contributed by atoms with van der Waals surface area (Å²) >= 11 is 6.18. The minimum atomic E-state index is -0.278. The maximum absolute atomic E-state index is 12.6. The second kappa shape index (κ2) is 9.32. The molecule has 5 rings (SSSR count). The molecule has 32 heavy (non-hydrogen) atoms. The van der Waals surface area contributed by atoms with Crippen LogP contribution in [-0.2, 0) is 4.74 Å². The fraction of sp³-hybridized carbons (Fsp3) is 0.500. The van der Waals surface area contributed by atoms with Gasteiger partial charge in [-0.2, -0.15) is 0 Å². The van der Waals surface area contributed by atoms with Crippen molar-refractivity contribution < 1.29 is 9.53 Å². The molecule has 3 atom stereocenters. The Morgan fingerprint density at radius 3 is 2.75 bits per heavy atom. The lowest BCUT2D eigenvalue weighted by Crippen LogP contribution is -2.46. The first-order valence-corrected chi connectivity index (χ1v) is 12.3. The Bertz CT molecular complexity index is 989. The van der Waals surface area contributed by atoms with Crippen LogP contribution < -0.4 is 16.0 Å². The van der Waals surface area contributed by atoms with Crippen molar-refractivity contribution in [3.63, 3.8) is 0 Å². The summed E-state index contributed by atoms with van der Waals surface area (Å²) in [7, 11) is 0. The predicted molar refractivity (Wildman–Crippen MR) is 131 cm³/mol. The fourth-order valence-corrected chi connectivity index (χ4v) is 5.95. The zero-order valence-corrected chi connectivity index (χ0v) is 19.4. The number of benzene rings is 2. The van der Waals surface area contributed by atoms with Crippen LogP contribution in [0.3, 0.4) is 0 Å². The first-order chi connectivity index (χ1) is 15.6. The molecule has 2 heterocycles. The summed E-state index contributed by atoms with van der Waals surface area (Å²) in [5, 5.41) is 10.4. The molecule has 0 aromatic heterocycles. The van der Waals surface area contributed by atoms with Gasteiger partial charge in [-0.05, 0) is 74.4 Å². The minimum Gasteiger partial charge on any atom is -0.381 e. The van der Waals surface area contributed by atoms with Gasteiger partial charge in [-0.3, -0.25) is 0 Å². The first kappa shape index (κ1) is 21.6. The largest absolute Gasteiger partial charge is 0.381 e. The third-order valence-corrected chi connectivity index (χ3v) is 7.85. The van der Waals surface area contributed by atoms with Gasteiger partial charge in [0.05, 0.1) is 6.10 Å². The van der Waals surface area contributed by atoms with Gasteiger partial charge >= 0.3 is 6.03 Å². The summed E-state index contributed by atoms with van der Waals surface area (Å²) in [6.45, 7) is 2.70. The molecular formula is C26H32ClN3O2. The van der Waals surface area contributed by atoms with Crippen LogP contribution in [0.15, 0.2) is 36.4 Å². The van der Waals surface area contributed by atoms with Gasteiger partial charge in [0, 0.05) is 46.2 Å². The van der Waals surface area contributed by atoms with Crippen molar-refractivity contribution in [3.8, 4) is 0 Å². The zero-order chi connectivity index (χ0) is 22.1. The topological polar surface area (TPSA) is 62.4 Å². The number of urea groups is 1. The summed E-state index contributed by atoms with van der Waals surface area (Å²) in [6, 6.07) is 11.9. The van der Waals surface area contributed by atoms with Gasteiger partial charge in [-0.15, -0.1) is 0 Å². The summed E-state index contributed by atoms with van der Waals surface area (Å²) < 4.78 is 6.33. The van der Waals surface area contributed by atoms with Gasteiger partial charge in [0.15, 0.2) is 0 Å². The SMILES string of the molecule is Cc1c(Cl)cccc1NC(=O)Nc1ccc2c(c1)[C@H]1OCCC[C@H]1[C@H](C1CCCCC1)N2. The van der Waals surface area contributed by atoms with Gasteiger partial charge < -0.3 is 20.7 Å². The van der Waals surface area contributed by atoms with Crippen LogP contribution in [0.5, 0.6) is 0 Å². The summed E-state index contributed by atoms with van der Waals surface area (Å²) in [6.07, 6.45) is 9.13. The van der Waals surface area contributed by atoms with Crippen LogP contribution in [0.25, 0.3) is 0 Å². The van der Waals surface area contributed by atoms with Crippen molar-refractivity contribution in [2.75, 3.05) is 22.6 Å². The number of rotatable bonds is 3. The van der Waals surface area contributed by atoms with Crippen LogP contribution >= 0.6 is 11.6 Å². The van der Waals surface area contributed by atoms with Gasteiger partial charge in [0.25, 0.3) is 0 Å². The lowest BCUT2D eigenvalue weighted by atomic mass is 9.71. The molecule has 0 unspecified atom stereocenters. The third kappa shape index (κ3) is 4.33. The van der Waals surface area contributed by atoms with E-state index in [1.54, 1.807) is 0 Å². The van der Waals surface area contributed by atoms with Crippen molar-refractivity contribution in [2.45, 2.75) is 64.0 Å². The zero-order valence-electron chi connectivity index (χ0n) is 18.6. The standard InChI is InChI=1S/C26H32ClN3O2/c1-16-21(27)10-5-11-22(16)30-26(31)28-18-12-13-23-20(15-18)25-19(9-6-14-32-25)24(29-23)17-7-3-2-4-8-17/h5,10-13,15,17,19,24-25,29H,2-4,6-9,14H2,1H3,(H2,28,30,31)/t19-,24-,25-/m0/s1. The van der Waals surface area contributed by atoms with Crippen molar-refractivity contribution in [3.05, 3.63) is 52.5 Å². The molecule has 1 saturated carbocycles. The smallest absolute Gasteiger partial charge is 0.323 e. The lowest BCUT2D eigenvalue weighted by molar-refractivity contribution is -0.0457. The van der Waals surface area contributed by atoms with E-state index in [2.05, 4.69) is 28.1 Å². The van der Waals surface area contributed by atoms with Crippen molar-refractivity contribution in [2.24, 2.45) is 11.8 Å². The van der Waals surface area contributed by atoms with Crippen molar-refractivity contribution >= 4 is 34.7 Å². The number of carbonyl (C=O) groups excluding carboxylic acids is 1. The molecule has 3 N–H and O–H groups in total. The molecule has 5 nitrogen and oxygen atoms in total. The Labute approximate surface area is 195 Å². The first-order valence-electron chi connectivity index (χ1n) is 12.0. The summed E-state index contributed by atoms with van der Waals surface area (Å²) in [4.78, 5) is 12.6. The number of fused-ring (bicyclic) bond motifs is 3. The van der Waals surface area contributed by atoms with Gasteiger partial charge in [0.2, 0.25) is 0 Å². The lowest BCUT2D eigenvalue weighted by Gasteiger charge is -2.47. The third-order valence-electron chi connectivity index (χ3n) is 7.44. The Kier molecular flexibility index (Phi) is 6.29. The Hall–Kier alpha value is -2.24. The van der Waals surface area contributed by atoms with E-state index in [1.807, 2.05) is 31.2 Å². The minimum absolute atomic E-state index is 0.104. The molecule has 1 saturated heterocycles. The number of nitrogens with one attached hydrogen (secondary N) is 3.